The van der Waals surface area contributed by atoms with Crippen LogP contribution in [0.15, 0.2) is 35.9 Å². The molecular formula is C14H15N. The molecule has 1 aromatic rings. The van der Waals surface area contributed by atoms with Gasteiger partial charge in [-0.3, -0.25) is 0 Å². The number of benzene rings is 1. The first kappa shape index (κ1) is 9.98. The fourth-order valence-electron chi connectivity index (χ4n) is 2.30. The number of hydrogen-bond donors (Lipinski definition) is 0. The van der Waals surface area contributed by atoms with E-state index >= 15 is 0 Å². The molecule has 0 amide bonds. The molecule has 0 aromatic heterocycles. The van der Waals surface area contributed by atoms with Gasteiger partial charge in [-0.25, -0.2) is 0 Å². The molecule has 1 atom stereocenters. The lowest BCUT2D eigenvalue weighted by Crippen LogP contribution is -2.15. The molecule has 1 heteroatoms. The summed E-state index contributed by atoms with van der Waals surface area (Å²) in [6.45, 7) is 4.46. The maximum absolute atomic E-state index is 8.74. The van der Waals surface area contributed by atoms with E-state index in [9.17, 15) is 0 Å². The summed E-state index contributed by atoms with van der Waals surface area (Å²) in [6, 6.07) is 10.1. The number of nitriles is 1. The van der Waals surface area contributed by atoms with Crippen LogP contribution in [0.4, 0.5) is 0 Å². The average molecular weight is 197 g/mol. The van der Waals surface area contributed by atoms with Crippen LogP contribution in [0.1, 0.15) is 37.8 Å². The van der Waals surface area contributed by atoms with Gasteiger partial charge in [-0.2, -0.15) is 5.26 Å². The second kappa shape index (κ2) is 3.55. The van der Waals surface area contributed by atoms with Crippen molar-refractivity contribution < 1.29 is 0 Å². The molecule has 0 heterocycles. The van der Waals surface area contributed by atoms with Crippen molar-refractivity contribution in [2.75, 3.05) is 0 Å². The zero-order valence-electron chi connectivity index (χ0n) is 9.25. The van der Waals surface area contributed by atoms with Crippen LogP contribution >= 0.6 is 0 Å². The van der Waals surface area contributed by atoms with Gasteiger partial charge in [0.1, 0.15) is 0 Å². The van der Waals surface area contributed by atoms with Gasteiger partial charge in [-0.05, 0) is 37.5 Å². The van der Waals surface area contributed by atoms with Gasteiger partial charge in [0.25, 0.3) is 0 Å². The molecule has 1 aromatic carbocycles. The summed E-state index contributed by atoms with van der Waals surface area (Å²) in [5.74, 6) is 0. The number of hydrogen-bond acceptors (Lipinski definition) is 1. The Kier molecular flexibility index (Phi) is 2.36. The first-order chi connectivity index (χ1) is 7.14. The standard InChI is InChI=1S/C14H15N/c1-11-7-8-14(2,9-11)13-5-3-12(10-15)4-6-13/h3-6,9H,7-8H2,1-2H3/t14-/m1/s1. The van der Waals surface area contributed by atoms with Crippen LogP contribution < -0.4 is 0 Å². The first-order valence-electron chi connectivity index (χ1n) is 5.33. The smallest absolute Gasteiger partial charge is 0.0991 e. The second-order valence-electron chi connectivity index (χ2n) is 4.60. The summed E-state index contributed by atoms with van der Waals surface area (Å²) >= 11 is 0. The minimum Gasteiger partial charge on any atom is -0.192 e. The Bertz CT molecular complexity index is 433. The van der Waals surface area contributed by atoms with Crippen LogP contribution in [0.3, 0.4) is 0 Å². The molecule has 0 N–H and O–H groups in total. The predicted octanol–water partition coefficient (Wildman–Crippen LogP) is 3.56. The lowest BCUT2D eigenvalue weighted by molar-refractivity contribution is 0.578. The zero-order chi connectivity index (χ0) is 10.9. The van der Waals surface area contributed by atoms with Crippen LogP contribution in [-0.4, -0.2) is 0 Å². The highest BCUT2D eigenvalue weighted by atomic mass is 14.3. The van der Waals surface area contributed by atoms with Gasteiger partial charge in [0.15, 0.2) is 0 Å². The molecule has 15 heavy (non-hydrogen) atoms. The molecule has 0 radical (unpaired) electrons. The molecule has 0 bridgehead atoms. The van der Waals surface area contributed by atoms with Crippen molar-refractivity contribution in [3.05, 3.63) is 47.0 Å². The summed E-state index contributed by atoms with van der Waals surface area (Å²) in [4.78, 5) is 0. The van der Waals surface area contributed by atoms with Crippen molar-refractivity contribution in [1.82, 2.24) is 0 Å². The lowest BCUT2D eigenvalue weighted by atomic mass is 9.82. The van der Waals surface area contributed by atoms with Crippen molar-refractivity contribution in [3.63, 3.8) is 0 Å². The van der Waals surface area contributed by atoms with Crippen LogP contribution in [0.2, 0.25) is 0 Å². The molecule has 1 aliphatic rings. The highest BCUT2D eigenvalue weighted by molar-refractivity contribution is 5.39. The molecule has 0 saturated carbocycles. The third-order valence-corrected chi connectivity index (χ3v) is 3.28. The monoisotopic (exact) mass is 197 g/mol. The summed E-state index contributed by atoms with van der Waals surface area (Å²) in [5.41, 5.74) is 3.71. The van der Waals surface area contributed by atoms with Gasteiger partial charge in [-0.1, -0.05) is 30.7 Å². The van der Waals surface area contributed by atoms with E-state index in [1.807, 2.05) is 12.1 Å². The molecule has 1 aliphatic carbocycles. The average Bonchev–Trinajstić information content (AvgIpc) is 2.60. The summed E-state index contributed by atoms with van der Waals surface area (Å²) in [5, 5.41) is 8.74. The van der Waals surface area contributed by atoms with Crippen molar-refractivity contribution >= 4 is 0 Å². The van der Waals surface area contributed by atoms with E-state index < -0.39 is 0 Å². The molecule has 0 aliphatic heterocycles. The maximum Gasteiger partial charge on any atom is 0.0991 e. The van der Waals surface area contributed by atoms with E-state index in [1.54, 1.807) is 0 Å². The number of nitrogens with zero attached hydrogens (tertiary/aromatic N) is 1. The highest BCUT2D eigenvalue weighted by Crippen LogP contribution is 2.38. The lowest BCUT2D eigenvalue weighted by Gasteiger charge is -2.22. The fraction of sp³-hybridized carbons (Fsp3) is 0.357. The van der Waals surface area contributed by atoms with Gasteiger partial charge in [-0.15, -0.1) is 0 Å². The van der Waals surface area contributed by atoms with Gasteiger partial charge >= 0.3 is 0 Å². The van der Waals surface area contributed by atoms with E-state index in [0.717, 1.165) is 5.56 Å². The second-order valence-corrected chi connectivity index (χ2v) is 4.60. The Hall–Kier alpha value is -1.55. The molecule has 0 fully saturated rings. The topological polar surface area (TPSA) is 23.8 Å². The normalized spacial score (nSPS) is 24.7. The molecule has 0 spiro atoms. The zero-order valence-corrected chi connectivity index (χ0v) is 9.25. The number of allylic oxidation sites excluding steroid dienone is 2. The maximum atomic E-state index is 8.74. The van der Waals surface area contributed by atoms with E-state index in [-0.39, 0.29) is 5.41 Å². The molecule has 0 unspecified atom stereocenters. The molecule has 76 valence electrons. The van der Waals surface area contributed by atoms with E-state index in [4.69, 9.17) is 5.26 Å². The molecule has 0 saturated heterocycles. The van der Waals surface area contributed by atoms with Gasteiger partial charge in [0.05, 0.1) is 11.6 Å². The Morgan fingerprint density at radius 1 is 1.27 bits per heavy atom. The molecule has 1 nitrogen and oxygen atoms in total. The molecular weight excluding hydrogens is 182 g/mol. The van der Waals surface area contributed by atoms with E-state index in [0.29, 0.717) is 0 Å². The number of rotatable bonds is 1. The van der Waals surface area contributed by atoms with Crippen LogP contribution in [0, 0.1) is 11.3 Å². The van der Waals surface area contributed by atoms with E-state index in [1.165, 1.54) is 24.0 Å². The van der Waals surface area contributed by atoms with Gasteiger partial charge in [0.2, 0.25) is 0 Å². The van der Waals surface area contributed by atoms with Crippen molar-refractivity contribution in [2.45, 2.75) is 32.1 Å². The molecule has 2 rings (SSSR count). The Morgan fingerprint density at radius 2 is 1.93 bits per heavy atom. The predicted molar refractivity (Wildman–Crippen MR) is 61.5 cm³/mol. The third kappa shape index (κ3) is 1.80. The summed E-state index contributed by atoms with van der Waals surface area (Å²) in [7, 11) is 0. The van der Waals surface area contributed by atoms with Gasteiger partial charge in [0, 0.05) is 5.41 Å². The largest absolute Gasteiger partial charge is 0.192 e. The van der Waals surface area contributed by atoms with Crippen molar-refractivity contribution in [1.29, 1.82) is 5.26 Å². The highest BCUT2D eigenvalue weighted by Gasteiger charge is 2.28. The van der Waals surface area contributed by atoms with Gasteiger partial charge < -0.3 is 0 Å². The summed E-state index contributed by atoms with van der Waals surface area (Å²) in [6.07, 6.45) is 4.73. The van der Waals surface area contributed by atoms with Crippen molar-refractivity contribution in [3.8, 4) is 6.07 Å². The Morgan fingerprint density at radius 3 is 2.40 bits per heavy atom. The minimum absolute atomic E-state index is 0.179. The van der Waals surface area contributed by atoms with Crippen LogP contribution in [0.25, 0.3) is 0 Å². The first-order valence-corrected chi connectivity index (χ1v) is 5.33. The van der Waals surface area contributed by atoms with E-state index in [2.05, 4.69) is 38.1 Å². The Labute approximate surface area is 91.0 Å². The van der Waals surface area contributed by atoms with Crippen molar-refractivity contribution in [2.24, 2.45) is 0 Å². The fourth-order valence-corrected chi connectivity index (χ4v) is 2.30. The third-order valence-electron chi connectivity index (χ3n) is 3.28. The quantitative estimate of drug-likeness (QED) is 0.631. The van der Waals surface area contributed by atoms with Crippen LogP contribution in [-0.2, 0) is 5.41 Å². The minimum atomic E-state index is 0.179. The SMILES string of the molecule is CC1=C[C@](C)(c2ccc(C#N)cc2)CC1. The van der Waals surface area contributed by atoms with Crippen LogP contribution in [0.5, 0.6) is 0 Å². The Balaban J connectivity index is 2.35. The summed E-state index contributed by atoms with van der Waals surface area (Å²) < 4.78 is 0.